The van der Waals surface area contributed by atoms with Crippen LogP contribution in [0.5, 0.6) is 0 Å². The quantitative estimate of drug-likeness (QED) is 0.894. The molecule has 2 aliphatic rings. The lowest BCUT2D eigenvalue weighted by Crippen LogP contribution is -2.44. The summed E-state index contributed by atoms with van der Waals surface area (Å²) < 4.78 is 1.24. The first-order chi connectivity index (χ1) is 9.74. The number of hydrogen-bond acceptors (Lipinski definition) is 3. The topological polar surface area (TPSA) is 18.5 Å². The minimum absolute atomic E-state index is 0.543. The molecular weight excluding hydrogens is 314 g/mol. The normalized spacial score (nSPS) is 24.9. The Morgan fingerprint density at radius 3 is 2.60 bits per heavy atom. The van der Waals surface area contributed by atoms with E-state index in [4.69, 9.17) is 0 Å². The predicted octanol–water partition coefficient (Wildman–Crippen LogP) is 3.02. The molecule has 0 aliphatic carbocycles. The summed E-state index contributed by atoms with van der Waals surface area (Å²) in [6.07, 6.45) is 3.92. The molecule has 0 radical (unpaired) electrons. The molecule has 0 spiro atoms. The van der Waals surface area contributed by atoms with Crippen LogP contribution in [0.25, 0.3) is 0 Å². The van der Waals surface area contributed by atoms with Crippen molar-refractivity contribution in [3.63, 3.8) is 0 Å². The largest absolute Gasteiger partial charge is 0.368 e. The van der Waals surface area contributed by atoms with E-state index in [1.807, 2.05) is 0 Å². The molecule has 3 nitrogen and oxygen atoms in total. The van der Waals surface area contributed by atoms with E-state index in [1.165, 1.54) is 35.0 Å². The Labute approximate surface area is 130 Å². The second-order valence-corrected chi connectivity index (χ2v) is 6.86. The summed E-state index contributed by atoms with van der Waals surface area (Å²) >= 11 is 3.78. The van der Waals surface area contributed by atoms with Crippen LogP contribution in [0.15, 0.2) is 22.7 Å². The van der Waals surface area contributed by atoms with Crippen molar-refractivity contribution in [2.75, 3.05) is 44.7 Å². The van der Waals surface area contributed by atoms with E-state index in [2.05, 4.69) is 56.3 Å². The average molecular weight is 338 g/mol. The fourth-order valence-electron chi connectivity index (χ4n) is 3.18. The molecule has 3 rings (SSSR count). The Kier molecular flexibility index (Phi) is 4.64. The highest BCUT2D eigenvalue weighted by Gasteiger charge is 2.19. The van der Waals surface area contributed by atoms with Crippen molar-refractivity contribution in [2.45, 2.75) is 25.3 Å². The zero-order valence-electron chi connectivity index (χ0n) is 12.2. The van der Waals surface area contributed by atoms with Gasteiger partial charge in [-0.25, -0.2) is 0 Å². The van der Waals surface area contributed by atoms with Gasteiger partial charge in [0, 0.05) is 36.7 Å². The van der Waals surface area contributed by atoms with Gasteiger partial charge in [0.15, 0.2) is 0 Å². The molecule has 1 unspecified atom stereocenters. The number of hydrogen-bond donors (Lipinski definition) is 1. The summed E-state index contributed by atoms with van der Waals surface area (Å²) in [7, 11) is 2.20. The van der Waals surface area contributed by atoms with Crippen molar-refractivity contribution in [3.8, 4) is 0 Å². The molecule has 2 fully saturated rings. The molecule has 2 saturated heterocycles. The van der Waals surface area contributed by atoms with Crippen molar-refractivity contribution >= 4 is 21.6 Å². The first-order valence-corrected chi connectivity index (χ1v) is 8.49. The number of halogens is 1. The Morgan fingerprint density at radius 1 is 1.15 bits per heavy atom. The third-order valence-electron chi connectivity index (χ3n) is 4.53. The van der Waals surface area contributed by atoms with Gasteiger partial charge in [-0.1, -0.05) is 12.5 Å². The molecule has 1 aromatic rings. The lowest BCUT2D eigenvalue weighted by molar-refractivity contribution is 0.312. The predicted molar refractivity (Wildman–Crippen MR) is 88.4 cm³/mol. The zero-order chi connectivity index (χ0) is 13.9. The SMILES string of the molecule is CN1CCN(c2ccc(C3CCCCN3)cc2Br)CC1. The maximum absolute atomic E-state index is 3.78. The molecule has 2 heterocycles. The van der Waals surface area contributed by atoms with E-state index < -0.39 is 0 Å². The van der Waals surface area contributed by atoms with Crippen LogP contribution in [-0.4, -0.2) is 44.7 Å². The van der Waals surface area contributed by atoms with Crippen molar-refractivity contribution in [2.24, 2.45) is 0 Å². The summed E-state index contributed by atoms with van der Waals surface area (Å²) in [5, 5.41) is 3.63. The van der Waals surface area contributed by atoms with Crippen LogP contribution in [0.2, 0.25) is 0 Å². The molecular formula is C16H24BrN3. The highest BCUT2D eigenvalue weighted by molar-refractivity contribution is 9.10. The summed E-state index contributed by atoms with van der Waals surface area (Å²) in [5.74, 6) is 0. The molecule has 0 bridgehead atoms. The van der Waals surface area contributed by atoms with Crippen LogP contribution < -0.4 is 10.2 Å². The molecule has 1 atom stereocenters. The molecule has 20 heavy (non-hydrogen) atoms. The molecule has 0 aromatic heterocycles. The van der Waals surface area contributed by atoms with Gasteiger partial charge in [-0.05, 0) is 60.1 Å². The second-order valence-electron chi connectivity index (χ2n) is 6.00. The highest BCUT2D eigenvalue weighted by atomic mass is 79.9. The van der Waals surface area contributed by atoms with Gasteiger partial charge in [0.05, 0.1) is 5.69 Å². The van der Waals surface area contributed by atoms with E-state index in [0.717, 1.165) is 32.7 Å². The molecule has 110 valence electrons. The first-order valence-electron chi connectivity index (χ1n) is 7.70. The van der Waals surface area contributed by atoms with Gasteiger partial charge in [-0.2, -0.15) is 0 Å². The van der Waals surface area contributed by atoms with Gasteiger partial charge in [0.25, 0.3) is 0 Å². The number of piperidine rings is 1. The minimum atomic E-state index is 0.543. The number of piperazine rings is 1. The zero-order valence-corrected chi connectivity index (χ0v) is 13.8. The molecule has 0 saturated carbocycles. The number of likely N-dealkylation sites (N-methyl/N-ethyl adjacent to an activating group) is 1. The van der Waals surface area contributed by atoms with Gasteiger partial charge in [0.2, 0.25) is 0 Å². The number of rotatable bonds is 2. The van der Waals surface area contributed by atoms with Gasteiger partial charge < -0.3 is 15.1 Å². The van der Waals surface area contributed by atoms with Crippen molar-refractivity contribution < 1.29 is 0 Å². The summed E-state index contributed by atoms with van der Waals surface area (Å²) in [4.78, 5) is 4.88. The maximum atomic E-state index is 3.78. The van der Waals surface area contributed by atoms with Crippen LogP contribution in [0, 0.1) is 0 Å². The molecule has 2 aliphatic heterocycles. The van der Waals surface area contributed by atoms with Crippen molar-refractivity contribution in [1.82, 2.24) is 10.2 Å². The lowest BCUT2D eigenvalue weighted by atomic mass is 9.97. The van der Waals surface area contributed by atoms with Crippen LogP contribution in [0.3, 0.4) is 0 Å². The fourth-order valence-corrected chi connectivity index (χ4v) is 3.83. The molecule has 0 amide bonds. The van der Waals surface area contributed by atoms with Crippen molar-refractivity contribution in [1.29, 1.82) is 0 Å². The lowest BCUT2D eigenvalue weighted by Gasteiger charge is -2.35. The summed E-state index contributed by atoms with van der Waals surface area (Å²) in [5.41, 5.74) is 2.77. The third-order valence-corrected chi connectivity index (χ3v) is 5.16. The van der Waals surface area contributed by atoms with Gasteiger partial charge >= 0.3 is 0 Å². The summed E-state index contributed by atoms with van der Waals surface area (Å²) in [6.45, 7) is 5.70. The second kappa shape index (κ2) is 6.46. The number of benzene rings is 1. The first kappa shape index (κ1) is 14.4. The minimum Gasteiger partial charge on any atom is -0.368 e. The Morgan fingerprint density at radius 2 is 1.95 bits per heavy atom. The molecule has 4 heteroatoms. The van der Waals surface area contributed by atoms with E-state index in [1.54, 1.807) is 0 Å². The van der Waals surface area contributed by atoms with E-state index in [-0.39, 0.29) is 0 Å². The smallest absolute Gasteiger partial charge is 0.0511 e. The third kappa shape index (κ3) is 3.18. The fraction of sp³-hybridized carbons (Fsp3) is 0.625. The van der Waals surface area contributed by atoms with Crippen LogP contribution in [-0.2, 0) is 0 Å². The van der Waals surface area contributed by atoms with Gasteiger partial charge in [-0.3, -0.25) is 0 Å². The number of anilines is 1. The Hall–Kier alpha value is -0.580. The van der Waals surface area contributed by atoms with Crippen molar-refractivity contribution in [3.05, 3.63) is 28.2 Å². The average Bonchev–Trinajstić information content (AvgIpc) is 2.49. The highest BCUT2D eigenvalue weighted by Crippen LogP contribution is 2.32. The Bertz CT molecular complexity index is 449. The standard InChI is InChI=1S/C16H24BrN3/c1-19-8-10-20(11-9-19)16-6-5-13(12-14(16)17)15-4-2-3-7-18-15/h5-6,12,15,18H,2-4,7-11H2,1H3. The Balaban J connectivity index is 1.73. The summed E-state index contributed by atoms with van der Waals surface area (Å²) in [6, 6.07) is 7.46. The molecule has 1 N–H and O–H groups in total. The van der Waals surface area contributed by atoms with Crippen LogP contribution >= 0.6 is 15.9 Å². The van der Waals surface area contributed by atoms with E-state index >= 15 is 0 Å². The van der Waals surface area contributed by atoms with Gasteiger partial charge in [-0.15, -0.1) is 0 Å². The van der Waals surface area contributed by atoms with E-state index in [0.29, 0.717) is 6.04 Å². The molecule has 1 aromatic carbocycles. The van der Waals surface area contributed by atoms with Crippen LogP contribution in [0.1, 0.15) is 30.9 Å². The van der Waals surface area contributed by atoms with Gasteiger partial charge in [0.1, 0.15) is 0 Å². The monoisotopic (exact) mass is 337 g/mol. The number of nitrogens with one attached hydrogen (secondary N) is 1. The van der Waals surface area contributed by atoms with E-state index in [9.17, 15) is 0 Å². The van der Waals surface area contributed by atoms with Crippen LogP contribution in [0.4, 0.5) is 5.69 Å². The maximum Gasteiger partial charge on any atom is 0.0511 e. The number of nitrogens with zero attached hydrogens (tertiary/aromatic N) is 2.